The number of anilines is 1. The fraction of sp³-hybridized carbons (Fsp3) is 0.571. The Kier molecular flexibility index (Phi) is 1.77. The van der Waals surface area contributed by atoms with Gasteiger partial charge in [-0.15, -0.1) is 11.3 Å². The first-order valence-electron chi connectivity index (χ1n) is 3.63. The smallest absolute Gasteiger partial charge is 0.185 e. The van der Waals surface area contributed by atoms with Gasteiger partial charge in [0.05, 0.1) is 0 Å². The summed E-state index contributed by atoms with van der Waals surface area (Å²) in [6.07, 6.45) is 1.26. The third-order valence-electron chi connectivity index (χ3n) is 1.92. The first kappa shape index (κ1) is 7.37. The van der Waals surface area contributed by atoms with Crippen molar-refractivity contribution in [2.24, 2.45) is 5.92 Å². The fourth-order valence-electron chi connectivity index (χ4n) is 1.03. The van der Waals surface area contributed by atoms with Crippen LogP contribution in [0.4, 0.5) is 5.82 Å². The summed E-state index contributed by atoms with van der Waals surface area (Å²) in [6, 6.07) is 0.633. The fourth-order valence-corrected chi connectivity index (χ4v) is 1.74. The normalized spacial score (nSPS) is 28.5. The Labute approximate surface area is 74.6 Å². The van der Waals surface area contributed by atoms with Crippen molar-refractivity contribution in [2.75, 3.05) is 5.32 Å². The molecular formula is C7H9ClN2S. The highest BCUT2D eigenvalue weighted by Gasteiger charge is 2.32. The molecule has 2 rings (SSSR count). The lowest BCUT2D eigenvalue weighted by atomic mass is 10.5. The number of aromatic nitrogens is 1. The van der Waals surface area contributed by atoms with Gasteiger partial charge in [0.2, 0.25) is 0 Å². The molecule has 1 fully saturated rings. The standard InChI is InChI=1S/C7H9ClN2S/c1-4-2-5(4)9-6-3-11-7(8)10-6/h3-5,9H,2H2,1H3/t4-,5-/m1/s1. The summed E-state index contributed by atoms with van der Waals surface area (Å²) in [5, 5.41) is 5.25. The van der Waals surface area contributed by atoms with Crippen LogP contribution in [0.2, 0.25) is 4.47 Å². The molecule has 0 unspecified atom stereocenters. The summed E-state index contributed by atoms with van der Waals surface area (Å²) >= 11 is 7.14. The first-order valence-corrected chi connectivity index (χ1v) is 4.89. The van der Waals surface area contributed by atoms with E-state index in [9.17, 15) is 0 Å². The number of nitrogens with zero attached hydrogens (tertiary/aromatic N) is 1. The van der Waals surface area contributed by atoms with E-state index in [1.807, 2.05) is 5.38 Å². The van der Waals surface area contributed by atoms with E-state index in [2.05, 4.69) is 17.2 Å². The molecule has 0 aromatic carbocycles. The Hall–Kier alpha value is -0.280. The third kappa shape index (κ3) is 1.65. The zero-order valence-corrected chi connectivity index (χ0v) is 7.75. The van der Waals surface area contributed by atoms with Crippen LogP contribution < -0.4 is 5.32 Å². The first-order chi connectivity index (χ1) is 5.25. The molecule has 2 atom stereocenters. The maximum Gasteiger partial charge on any atom is 0.185 e. The van der Waals surface area contributed by atoms with Gasteiger partial charge >= 0.3 is 0 Å². The molecule has 1 heterocycles. The number of thiazole rings is 1. The van der Waals surface area contributed by atoms with Gasteiger partial charge in [0.15, 0.2) is 4.47 Å². The van der Waals surface area contributed by atoms with Crippen LogP contribution >= 0.6 is 22.9 Å². The summed E-state index contributed by atoms with van der Waals surface area (Å²) < 4.78 is 0.612. The lowest BCUT2D eigenvalue weighted by molar-refractivity contribution is 0.925. The molecule has 0 spiro atoms. The zero-order chi connectivity index (χ0) is 7.84. The molecule has 60 valence electrons. The van der Waals surface area contributed by atoms with Crippen molar-refractivity contribution in [3.8, 4) is 0 Å². The van der Waals surface area contributed by atoms with Crippen LogP contribution in [0.3, 0.4) is 0 Å². The maximum absolute atomic E-state index is 5.67. The molecule has 1 N–H and O–H groups in total. The van der Waals surface area contributed by atoms with E-state index >= 15 is 0 Å². The number of hydrogen-bond donors (Lipinski definition) is 1. The number of nitrogens with one attached hydrogen (secondary N) is 1. The van der Waals surface area contributed by atoms with Crippen molar-refractivity contribution in [1.82, 2.24) is 4.98 Å². The largest absolute Gasteiger partial charge is 0.366 e. The van der Waals surface area contributed by atoms with Gasteiger partial charge in [-0.25, -0.2) is 4.98 Å². The average molecular weight is 189 g/mol. The second kappa shape index (κ2) is 2.64. The lowest BCUT2D eigenvalue weighted by Gasteiger charge is -1.97. The Bertz CT molecular complexity index is 261. The van der Waals surface area contributed by atoms with E-state index in [0.717, 1.165) is 11.7 Å². The summed E-state index contributed by atoms with van der Waals surface area (Å²) in [5.74, 6) is 1.73. The molecule has 2 nitrogen and oxygen atoms in total. The second-order valence-corrected chi connectivity index (χ2v) is 4.39. The van der Waals surface area contributed by atoms with E-state index < -0.39 is 0 Å². The van der Waals surface area contributed by atoms with Crippen molar-refractivity contribution < 1.29 is 0 Å². The van der Waals surface area contributed by atoms with Crippen LogP contribution in [0.1, 0.15) is 13.3 Å². The topological polar surface area (TPSA) is 24.9 Å². The van der Waals surface area contributed by atoms with Crippen LogP contribution in [0.5, 0.6) is 0 Å². The minimum atomic E-state index is 0.612. The molecule has 4 heteroatoms. The molecule has 0 radical (unpaired) electrons. The van der Waals surface area contributed by atoms with Crippen LogP contribution in [-0.4, -0.2) is 11.0 Å². The summed E-state index contributed by atoms with van der Waals surface area (Å²) in [6.45, 7) is 2.23. The maximum atomic E-state index is 5.67. The molecule has 0 bridgehead atoms. The molecule has 1 saturated carbocycles. The van der Waals surface area contributed by atoms with E-state index in [1.54, 1.807) is 0 Å². The SMILES string of the molecule is C[C@@H]1C[C@H]1Nc1csc(Cl)n1. The highest BCUT2D eigenvalue weighted by atomic mass is 35.5. The van der Waals surface area contributed by atoms with Gasteiger partial charge < -0.3 is 5.32 Å². The number of rotatable bonds is 2. The Morgan fingerprint density at radius 1 is 1.82 bits per heavy atom. The number of halogens is 1. The van der Waals surface area contributed by atoms with E-state index in [0.29, 0.717) is 10.5 Å². The van der Waals surface area contributed by atoms with Crippen molar-refractivity contribution in [3.63, 3.8) is 0 Å². The van der Waals surface area contributed by atoms with Gasteiger partial charge in [0, 0.05) is 11.4 Å². The minimum Gasteiger partial charge on any atom is -0.366 e. The molecule has 1 aliphatic carbocycles. The van der Waals surface area contributed by atoms with Crippen LogP contribution in [-0.2, 0) is 0 Å². The van der Waals surface area contributed by atoms with Gasteiger partial charge in [-0.1, -0.05) is 18.5 Å². The van der Waals surface area contributed by atoms with Crippen LogP contribution in [0.25, 0.3) is 0 Å². The zero-order valence-electron chi connectivity index (χ0n) is 6.17. The predicted molar refractivity (Wildman–Crippen MR) is 48.3 cm³/mol. The summed E-state index contributed by atoms with van der Waals surface area (Å²) in [4.78, 5) is 4.10. The number of hydrogen-bond acceptors (Lipinski definition) is 3. The van der Waals surface area contributed by atoms with Crippen LogP contribution in [0.15, 0.2) is 5.38 Å². The highest BCUT2D eigenvalue weighted by molar-refractivity contribution is 7.14. The van der Waals surface area contributed by atoms with Crippen molar-refractivity contribution in [2.45, 2.75) is 19.4 Å². The monoisotopic (exact) mass is 188 g/mol. The average Bonchev–Trinajstić information content (AvgIpc) is 2.42. The van der Waals surface area contributed by atoms with Gasteiger partial charge in [-0.05, 0) is 12.3 Å². The molecule has 1 aliphatic rings. The van der Waals surface area contributed by atoms with Crippen molar-refractivity contribution in [1.29, 1.82) is 0 Å². The van der Waals surface area contributed by atoms with Gasteiger partial charge in [-0.2, -0.15) is 0 Å². The van der Waals surface area contributed by atoms with Gasteiger partial charge in [-0.3, -0.25) is 0 Å². The molecule has 11 heavy (non-hydrogen) atoms. The molecule has 0 amide bonds. The summed E-state index contributed by atoms with van der Waals surface area (Å²) in [7, 11) is 0. The van der Waals surface area contributed by atoms with Gasteiger partial charge in [0.1, 0.15) is 5.82 Å². The predicted octanol–water partition coefficient (Wildman–Crippen LogP) is 2.62. The third-order valence-corrected chi connectivity index (χ3v) is 2.90. The Balaban J connectivity index is 1.96. The molecular weight excluding hydrogens is 180 g/mol. The molecule has 1 aromatic heterocycles. The van der Waals surface area contributed by atoms with Crippen molar-refractivity contribution >= 4 is 28.8 Å². The Morgan fingerprint density at radius 2 is 2.55 bits per heavy atom. The molecule has 0 aliphatic heterocycles. The lowest BCUT2D eigenvalue weighted by Crippen LogP contribution is -2.02. The Morgan fingerprint density at radius 3 is 3.00 bits per heavy atom. The van der Waals surface area contributed by atoms with E-state index in [1.165, 1.54) is 17.8 Å². The molecule has 0 saturated heterocycles. The van der Waals surface area contributed by atoms with Gasteiger partial charge in [0.25, 0.3) is 0 Å². The van der Waals surface area contributed by atoms with Crippen molar-refractivity contribution in [3.05, 3.63) is 9.85 Å². The van der Waals surface area contributed by atoms with E-state index in [4.69, 9.17) is 11.6 Å². The highest BCUT2D eigenvalue weighted by Crippen LogP contribution is 2.33. The second-order valence-electron chi connectivity index (χ2n) is 2.95. The minimum absolute atomic E-state index is 0.612. The van der Waals surface area contributed by atoms with Crippen LogP contribution in [0, 0.1) is 5.92 Å². The quantitative estimate of drug-likeness (QED) is 0.772. The van der Waals surface area contributed by atoms with E-state index in [-0.39, 0.29) is 0 Å². The molecule has 1 aromatic rings. The summed E-state index contributed by atoms with van der Waals surface area (Å²) in [5.41, 5.74) is 0.